The molecule has 1 heterocycles. The van der Waals surface area contributed by atoms with Gasteiger partial charge in [-0.15, -0.1) is 0 Å². The molecule has 2 aromatic rings. The van der Waals surface area contributed by atoms with Crippen molar-refractivity contribution in [1.29, 1.82) is 0 Å². The summed E-state index contributed by atoms with van der Waals surface area (Å²) in [5.74, 6) is -0.208. The number of hydrogen-bond donors (Lipinski definition) is 1. The number of amides is 2. The molecular formula is C25H33F2N3O2. The molecule has 0 aromatic heterocycles. The molecule has 1 aliphatic rings. The van der Waals surface area contributed by atoms with Crippen LogP contribution in [0.3, 0.4) is 0 Å². The van der Waals surface area contributed by atoms with Gasteiger partial charge in [0.2, 0.25) is 0 Å². The third kappa shape index (κ3) is 6.92. The van der Waals surface area contributed by atoms with Crippen LogP contribution in [-0.4, -0.2) is 48.6 Å². The first-order valence-electron chi connectivity index (χ1n) is 11.2. The second-order valence-electron chi connectivity index (χ2n) is 8.92. The average molecular weight is 446 g/mol. The smallest absolute Gasteiger partial charge is 0.318 e. The molecule has 1 fully saturated rings. The van der Waals surface area contributed by atoms with Crippen molar-refractivity contribution >= 4 is 6.03 Å². The van der Waals surface area contributed by atoms with Gasteiger partial charge in [-0.3, -0.25) is 0 Å². The molecule has 1 saturated heterocycles. The van der Waals surface area contributed by atoms with Crippen LogP contribution in [0.4, 0.5) is 13.6 Å². The molecule has 0 saturated carbocycles. The van der Waals surface area contributed by atoms with Crippen molar-refractivity contribution in [3.8, 4) is 5.75 Å². The number of carbonyl (C=O) groups excluding carboxylic acids is 1. The zero-order chi connectivity index (χ0) is 23.1. The first-order valence-corrected chi connectivity index (χ1v) is 11.2. The number of nitrogens with zero attached hydrogens (tertiary/aromatic N) is 2. The van der Waals surface area contributed by atoms with Gasteiger partial charge in [-0.05, 0) is 74.3 Å². The Kier molecular flexibility index (Phi) is 8.45. The molecule has 1 N–H and O–H groups in total. The summed E-state index contributed by atoms with van der Waals surface area (Å²) in [6, 6.07) is 10.9. The first-order chi connectivity index (χ1) is 15.3. The van der Waals surface area contributed by atoms with E-state index >= 15 is 0 Å². The maximum absolute atomic E-state index is 14.3. The summed E-state index contributed by atoms with van der Waals surface area (Å²) in [5, 5.41) is 2.93. The second kappa shape index (κ2) is 11.3. The number of carbonyl (C=O) groups is 1. The van der Waals surface area contributed by atoms with Crippen LogP contribution in [0.15, 0.2) is 42.5 Å². The molecule has 5 nitrogen and oxygen atoms in total. The molecule has 0 radical (unpaired) electrons. The van der Waals surface area contributed by atoms with E-state index in [4.69, 9.17) is 4.74 Å². The van der Waals surface area contributed by atoms with Gasteiger partial charge in [0.05, 0.1) is 6.61 Å². The van der Waals surface area contributed by atoms with Crippen molar-refractivity contribution in [3.63, 3.8) is 0 Å². The summed E-state index contributed by atoms with van der Waals surface area (Å²) >= 11 is 0. The molecule has 174 valence electrons. The van der Waals surface area contributed by atoms with E-state index < -0.39 is 5.82 Å². The Balaban J connectivity index is 1.65. The molecule has 0 atom stereocenters. The summed E-state index contributed by atoms with van der Waals surface area (Å²) in [6.45, 7) is 6.90. The van der Waals surface area contributed by atoms with E-state index in [0.29, 0.717) is 24.6 Å². The van der Waals surface area contributed by atoms with Crippen molar-refractivity contribution in [3.05, 3.63) is 65.2 Å². The number of rotatable bonds is 8. The third-order valence-corrected chi connectivity index (χ3v) is 5.67. The predicted molar refractivity (Wildman–Crippen MR) is 121 cm³/mol. The van der Waals surface area contributed by atoms with E-state index in [-0.39, 0.29) is 30.2 Å². The minimum atomic E-state index is -0.434. The van der Waals surface area contributed by atoms with Gasteiger partial charge < -0.3 is 19.9 Å². The lowest BCUT2D eigenvalue weighted by atomic mass is 10.0. The molecule has 0 spiro atoms. The number of hydrogen-bond acceptors (Lipinski definition) is 3. The molecule has 7 heteroatoms. The Morgan fingerprint density at radius 3 is 2.41 bits per heavy atom. The Morgan fingerprint density at radius 1 is 1.12 bits per heavy atom. The predicted octanol–water partition coefficient (Wildman–Crippen LogP) is 4.81. The molecular weight excluding hydrogens is 412 g/mol. The van der Waals surface area contributed by atoms with Crippen LogP contribution in [0.2, 0.25) is 0 Å². The zero-order valence-electron chi connectivity index (χ0n) is 19.1. The second-order valence-corrected chi connectivity index (χ2v) is 8.92. The van der Waals surface area contributed by atoms with Crippen molar-refractivity contribution < 1.29 is 18.3 Å². The van der Waals surface area contributed by atoms with Crippen molar-refractivity contribution in [2.24, 2.45) is 5.92 Å². The highest BCUT2D eigenvalue weighted by molar-refractivity contribution is 5.74. The molecule has 2 amide bonds. The Labute approximate surface area is 189 Å². The molecule has 0 bridgehead atoms. The maximum atomic E-state index is 14.3. The molecule has 1 aliphatic heterocycles. The van der Waals surface area contributed by atoms with Crippen LogP contribution in [0.25, 0.3) is 0 Å². The fourth-order valence-electron chi connectivity index (χ4n) is 3.77. The summed E-state index contributed by atoms with van der Waals surface area (Å²) in [5.41, 5.74) is 1.54. The Bertz CT molecular complexity index is 881. The van der Waals surface area contributed by atoms with Crippen molar-refractivity contribution in [2.45, 2.75) is 45.8 Å². The number of piperidine rings is 1. The van der Waals surface area contributed by atoms with Crippen LogP contribution in [0.1, 0.15) is 37.8 Å². The molecule has 2 aromatic carbocycles. The molecule has 32 heavy (non-hydrogen) atoms. The van der Waals surface area contributed by atoms with Gasteiger partial charge in [-0.25, -0.2) is 13.6 Å². The Hall–Kier alpha value is -2.67. The third-order valence-electron chi connectivity index (χ3n) is 5.67. The minimum Gasteiger partial charge on any atom is -0.490 e. The molecule has 0 unspecified atom stereocenters. The summed E-state index contributed by atoms with van der Waals surface area (Å²) in [4.78, 5) is 17.2. The monoisotopic (exact) mass is 445 g/mol. The van der Waals surface area contributed by atoms with Crippen LogP contribution in [0.5, 0.6) is 5.75 Å². The van der Waals surface area contributed by atoms with Crippen LogP contribution < -0.4 is 10.1 Å². The van der Waals surface area contributed by atoms with Crippen LogP contribution in [-0.2, 0) is 13.1 Å². The van der Waals surface area contributed by atoms with Gasteiger partial charge in [0, 0.05) is 19.1 Å². The van der Waals surface area contributed by atoms with E-state index in [1.54, 1.807) is 24.3 Å². The summed E-state index contributed by atoms with van der Waals surface area (Å²) < 4.78 is 33.1. The maximum Gasteiger partial charge on any atom is 0.318 e. The van der Waals surface area contributed by atoms with Gasteiger partial charge in [0.1, 0.15) is 5.82 Å². The molecule has 3 rings (SSSR count). The highest BCUT2D eigenvalue weighted by Gasteiger charge is 2.27. The van der Waals surface area contributed by atoms with Gasteiger partial charge in [-0.2, -0.15) is 0 Å². The minimum absolute atomic E-state index is 0.0970. The van der Waals surface area contributed by atoms with Gasteiger partial charge in [0.25, 0.3) is 0 Å². The summed E-state index contributed by atoms with van der Waals surface area (Å²) in [6.07, 6.45) is 1.75. The van der Waals surface area contributed by atoms with E-state index in [0.717, 1.165) is 31.5 Å². The van der Waals surface area contributed by atoms with Crippen molar-refractivity contribution in [2.75, 3.05) is 26.7 Å². The standard InChI is InChI=1S/C25H33F2N3O2/c1-18(2)17-32-24-9-6-20(14-23(24)27)15-28-25(31)30(22-10-12-29(3)13-11-22)16-19-4-7-21(26)8-5-19/h4-9,14,18,22H,10-13,15-17H2,1-3H3,(H,28,31). The highest BCUT2D eigenvalue weighted by atomic mass is 19.1. The largest absolute Gasteiger partial charge is 0.490 e. The zero-order valence-corrected chi connectivity index (χ0v) is 19.1. The van der Waals surface area contributed by atoms with Gasteiger partial charge >= 0.3 is 6.03 Å². The number of halogens is 2. The first kappa shape index (κ1) is 24.0. The lowest BCUT2D eigenvalue weighted by Gasteiger charge is -2.37. The highest BCUT2D eigenvalue weighted by Crippen LogP contribution is 2.21. The normalized spacial score (nSPS) is 15.1. The Morgan fingerprint density at radius 2 is 1.78 bits per heavy atom. The number of urea groups is 1. The fourth-order valence-corrected chi connectivity index (χ4v) is 3.77. The fraction of sp³-hybridized carbons (Fsp3) is 0.480. The van der Waals surface area contributed by atoms with E-state index in [9.17, 15) is 13.6 Å². The van der Waals surface area contributed by atoms with Crippen LogP contribution in [0, 0.1) is 17.6 Å². The topological polar surface area (TPSA) is 44.8 Å². The number of benzene rings is 2. The SMILES string of the molecule is CC(C)COc1ccc(CNC(=O)N(Cc2ccc(F)cc2)C2CCN(C)CC2)cc1F. The lowest BCUT2D eigenvalue weighted by Crippen LogP contribution is -2.49. The average Bonchev–Trinajstić information content (AvgIpc) is 2.77. The number of likely N-dealkylation sites (tertiary alicyclic amines) is 1. The molecule has 0 aliphatic carbocycles. The van der Waals surface area contributed by atoms with Crippen molar-refractivity contribution in [1.82, 2.24) is 15.1 Å². The quantitative estimate of drug-likeness (QED) is 0.635. The van der Waals surface area contributed by atoms with E-state index in [2.05, 4.69) is 17.3 Å². The number of ether oxygens (including phenoxy) is 1. The number of nitrogens with one attached hydrogen (secondary N) is 1. The van der Waals surface area contributed by atoms with E-state index in [1.165, 1.54) is 18.2 Å². The van der Waals surface area contributed by atoms with Gasteiger partial charge in [0.15, 0.2) is 11.6 Å². The van der Waals surface area contributed by atoms with E-state index in [1.807, 2.05) is 18.7 Å². The van der Waals surface area contributed by atoms with Crippen LogP contribution >= 0.6 is 0 Å². The summed E-state index contributed by atoms with van der Waals surface area (Å²) in [7, 11) is 2.07. The van der Waals surface area contributed by atoms with Gasteiger partial charge in [-0.1, -0.05) is 32.0 Å². The lowest BCUT2D eigenvalue weighted by molar-refractivity contribution is 0.127.